The topological polar surface area (TPSA) is 38.3 Å². The first kappa shape index (κ1) is 14.0. The van der Waals surface area contributed by atoms with Crippen LogP contribution in [0.15, 0.2) is 24.3 Å². The van der Waals surface area contributed by atoms with Crippen molar-refractivity contribution in [2.75, 3.05) is 13.7 Å². The van der Waals surface area contributed by atoms with Gasteiger partial charge in [-0.05, 0) is 49.4 Å². The van der Waals surface area contributed by atoms with Crippen molar-refractivity contribution in [1.82, 2.24) is 5.32 Å². The van der Waals surface area contributed by atoms with Gasteiger partial charge in [0, 0.05) is 0 Å². The van der Waals surface area contributed by atoms with Crippen molar-refractivity contribution in [2.45, 2.75) is 31.7 Å². The Balaban J connectivity index is 2.32. The molecule has 1 atom stereocenters. The number of hydrogen-bond donors (Lipinski definition) is 1. The number of rotatable bonds is 6. The van der Waals surface area contributed by atoms with Crippen molar-refractivity contribution in [3.05, 3.63) is 35.6 Å². The molecule has 1 fully saturated rings. The smallest absolute Gasteiger partial charge is 0.330 e. The lowest BCUT2D eigenvalue weighted by Gasteiger charge is -2.31. The van der Waals surface area contributed by atoms with Gasteiger partial charge in [0.2, 0.25) is 0 Å². The zero-order valence-corrected chi connectivity index (χ0v) is 11.4. The Hall–Kier alpha value is -1.42. The minimum absolute atomic E-state index is 0.340. The molecule has 0 amide bonds. The highest BCUT2D eigenvalue weighted by atomic mass is 19.1. The highest BCUT2D eigenvalue weighted by Crippen LogP contribution is 2.32. The van der Waals surface area contributed by atoms with E-state index >= 15 is 0 Å². The van der Waals surface area contributed by atoms with E-state index in [2.05, 4.69) is 5.32 Å². The number of halogens is 1. The number of ether oxygens (including phenoxy) is 1. The van der Waals surface area contributed by atoms with Gasteiger partial charge in [0.1, 0.15) is 11.4 Å². The van der Waals surface area contributed by atoms with E-state index in [1.807, 2.05) is 6.92 Å². The molecule has 104 valence electrons. The molecule has 1 aromatic carbocycles. The number of hydrogen-bond acceptors (Lipinski definition) is 3. The van der Waals surface area contributed by atoms with Crippen molar-refractivity contribution in [1.29, 1.82) is 0 Å². The molecule has 1 aliphatic carbocycles. The summed E-state index contributed by atoms with van der Waals surface area (Å²) in [4.78, 5) is 12.2. The molecule has 19 heavy (non-hydrogen) atoms. The normalized spacial score (nSPS) is 17.8. The summed E-state index contributed by atoms with van der Waals surface area (Å²) in [5.74, 6) is -0.0714. The zero-order valence-electron chi connectivity index (χ0n) is 11.4. The first-order valence-corrected chi connectivity index (χ1v) is 6.72. The Bertz CT molecular complexity index is 459. The van der Waals surface area contributed by atoms with Gasteiger partial charge >= 0.3 is 5.97 Å². The predicted octanol–water partition coefficient (Wildman–Crippen LogP) is 2.60. The summed E-state index contributed by atoms with van der Waals surface area (Å²) in [5.41, 5.74) is -0.318. The number of esters is 1. The molecule has 0 aliphatic heterocycles. The van der Waals surface area contributed by atoms with Crippen LogP contribution in [0, 0.1) is 11.7 Å². The van der Waals surface area contributed by atoms with Gasteiger partial charge in [-0.3, -0.25) is 5.32 Å². The second kappa shape index (κ2) is 5.70. The van der Waals surface area contributed by atoms with Gasteiger partial charge in [0.15, 0.2) is 0 Å². The van der Waals surface area contributed by atoms with Crippen molar-refractivity contribution >= 4 is 5.97 Å². The molecule has 1 aliphatic rings. The van der Waals surface area contributed by atoms with Crippen LogP contribution < -0.4 is 5.32 Å². The standard InChI is InChI=1S/C15H20FNO2/c1-3-15(14(18)19-2,17-10-11-7-8-11)12-5-4-6-13(16)9-12/h4-6,9,11,17H,3,7-8,10H2,1-2H3. The van der Waals surface area contributed by atoms with Gasteiger partial charge in [-0.15, -0.1) is 0 Å². The van der Waals surface area contributed by atoms with Crippen molar-refractivity contribution in [3.63, 3.8) is 0 Å². The number of carbonyl (C=O) groups is 1. The molecular formula is C15H20FNO2. The van der Waals surface area contributed by atoms with Crippen LogP contribution in [0.5, 0.6) is 0 Å². The fourth-order valence-electron chi connectivity index (χ4n) is 2.33. The van der Waals surface area contributed by atoms with E-state index in [1.54, 1.807) is 12.1 Å². The Kier molecular flexibility index (Phi) is 4.20. The fourth-order valence-corrected chi connectivity index (χ4v) is 2.33. The first-order chi connectivity index (χ1) is 9.12. The number of benzene rings is 1. The molecular weight excluding hydrogens is 245 g/mol. The predicted molar refractivity (Wildman–Crippen MR) is 71.1 cm³/mol. The van der Waals surface area contributed by atoms with Crippen LogP contribution >= 0.6 is 0 Å². The largest absolute Gasteiger partial charge is 0.467 e. The summed E-state index contributed by atoms with van der Waals surface area (Å²) in [5, 5.41) is 3.30. The molecule has 1 aromatic rings. The Labute approximate surface area is 113 Å². The van der Waals surface area contributed by atoms with Gasteiger partial charge in [0.25, 0.3) is 0 Å². The van der Waals surface area contributed by atoms with E-state index in [4.69, 9.17) is 4.74 Å². The molecule has 1 saturated carbocycles. The molecule has 0 aromatic heterocycles. The van der Waals surface area contributed by atoms with Crippen LogP contribution in [0.2, 0.25) is 0 Å². The van der Waals surface area contributed by atoms with E-state index < -0.39 is 5.54 Å². The molecule has 1 N–H and O–H groups in total. The molecule has 0 radical (unpaired) electrons. The molecule has 3 nitrogen and oxygen atoms in total. The van der Waals surface area contributed by atoms with Gasteiger partial charge in [0.05, 0.1) is 7.11 Å². The number of methoxy groups -OCH3 is 1. The van der Waals surface area contributed by atoms with E-state index in [9.17, 15) is 9.18 Å². The van der Waals surface area contributed by atoms with Gasteiger partial charge in [-0.1, -0.05) is 19.1 Å². The average molecular weight is 265 g/mol. The zero-order chi connectivity index (χ0) is 13.9. The van der Waals surface area contributed by atoms with Crippen LogP contribution in [0.3, 0.4) is 0 Å². The van der Waals surface area contributed by atoms with Crippen LogP contribution in [-0.2, 0) is 15.1 Å². The second-order valence-corrected chi connectivity index (χ2v) is 5.09. The monoisotopic (exact) mass is 265 g/mol. The molecule has 0 saturated heterocycles. The molecule has 0 heterocycles. The molecule has 4 heteroatoms. The van der Waals surface area contributed by atoms with Crippen molar-refractivity contribution in [3.8, 4) is 0 Å². The molecule has 0 bridgehead atoms. The lowest BCUT2D eigenvalue weighted by molar-refractivity contribution is -0.149. The third kappa shape index (κ3) is 2.95. The summed E-state index contributed by atoms with van der Waals surface area (Å²) in [6.45, 7) is 2.67. The van der Waals surface area contributed by atoms with E-state index in [0.717, 1.165) is 6.54 Å². The first-order valence-electron chi connectivity index (χ1n) is 6.72. The van der Waals surface area contributed by atoms with Gasteiger partial charge < -0.3 is 4.74 Å². The maximum Gasteiger partial charge on any atom is 0.330 e. The highest BCUT2D eigenvalue weighted by molar-refractivity contribution is 5.82. The highest BCUT2D eigenvalue weighted by Gasteiger charge is 2.40. The summed E-state index contributed by atoms with van der Waals surface area (Å²) in [6.07, 6.45) is 2.91. The van der Waals surface area contributed by atoms with Gasteiger partial charge in [-0.25, -0.2) is 9.18 Å². The Morgan fingerprint density at radius 2 is 2.26 bits per heavy atom. The summed E-state index contributed by atoms with van der Waals surface area (Å²) in [6, 6.07) is 6.17. The molecule has 2 rings (SSSR count). The Morgan fingerprint density at radius 3 is 2.79 bits per heavy atom. The van der Waals surface area contributed by atoms with Crippen molar-refractivity contribution < 1.29 is 13.9 Å². The summed E-state index contributed by atoms with van der Waals surface area (Å²) >= 11 is 0. The third-order valence-corrected chi connectivity index (χ3v) is 3.77. The Morgan fingerprint density at radius 1 is 1.53 bits per heavy atom. The van der Waals surface area contributed by atoms with Crippen LogP contribution in [-0.4, -0.2) is 19.6 Å². The number of carbonyl (C=O) groups excluding carboxylic acids is 1. The summed E-state index contributed by atoms with van der Waals surface area (Å²) < 4.78 is 18.4. The second-order valence-electron chi connectivity index (χ2n) is 5.09. The number of nitrogens with one attached hydrogen (secondary N) is 1. The average Bonchev–Trinajstić information content (AvgIpc) is 3.24. The maximum atomic E-state index is 13.4. The molecule has 1 unspecified atom stereocenters. The van der Waals surface area contributed by atoms with E-state index in [0.29, 0.717) is 17.9 Å². The quantitative estimate of drug-likeness (QED) is 0.803. The lowest BCUT2D eigenvalue weighted by Crippen LogP contribution is -2.50. The van der Waals surface area contributed by atoms with E-state index in [1.165, 1.54) is 32.1 Å². The minimum Gasteiger partial charge on any atom is -0.467 e. The molecule has 0 spiro atoms. The van der Waals surface area contributed by atoms with Crippen LogP contribution in [0.1, 0.15) is 31.7 Å². The van der Waals surface area contributed by atoms with Gasteiger partial charge in [-0.2, -0.15) is 0 Å². The van der Waals surface area contributed by atoms with E-state index in [-0.39, 0.29) is 11.8 Å². The SMILES string of the molecule is CCC(NCC1CC1)(C(=O)OC)c1cccc(F)c1. The third-order valence-electron chi connectivity index (χ3n) is 3.77. The van der Waals surface area contributed by atoms with Crippen LogP contribution in [0.25, 0.3) is 0 Å². The van der Waals surface area contributed by atoms with Crippen LogP contribution in [0.4, 0.5) is 4.39 Å². The lowest BCUT2D eigenvalue weighted by atomic mass is 9.87. The minimum atomic E-state index is -0.945. The fraction of sp³-hybridized carbons (Fsp3) is 0.533. The van der Waals surface area contributed by atoms with Crippen molar-refractivity contribution in [2.24, 2.45) is 5.92 Å². The maximum absolute atomic E-state index is 13.4. The summed E-state index contributed by atoms with van der Waals surface area (Å²) in [7, 11) is 1.37.